The number of rotatable bonds is 6. The van der Waals surface area contributed by atoms with Gasteiger partial charge in [0.05, 0.1) is 10.6 Å². The summed E-state index contributed by atoms with van der Waals surface area (Å²) in [7, 11) is 0. The number of aliphatic hydroxyl groups excluding tert-OH is 1. The van der Waals surface area contributed by atoms with Crippen LogP contribution in [0.1, 0.15) is 42.5 Å². The second-order valence-corrected chi connectivity index (χ2v) is 10.2. The average Bonchev–Trinajstić information content (AvgIpc) is 2.90. The van der Waals surface area contributed by atoms with Crippen molar-refractivity contribution in [2.45, 2.75) is 47.9 Å². The smallest absolute Gasteiger partial charge is 0.255 e. The van der Waals surface area contributed by atoms with Gasteiger partial charge in [-0.2, -0.15) is 0 Å². The number of aliphatic hydroxyl groups is 2. The fourth-order valence-electron chi connectivity index (χ4n) is 5.04. The molecule has 2 fully saturated rings. The molecule has 172 valence electrons. The summed E-state index contributed by atoms with van der Waals surface area (Å²) >= 11 is 7.90. The molecular formula is C23H23ClF3NO3S. The van der Waals surface area contributed by atoms with Crippen molar-refractivity contribution in [1.82, 2.24) is 0 Å². The zero-order valence-electron chi connectivity index (χ0n) is 17.1. The quantitative estimate of drug-likeness (QED) is 0.479. The molecule has 1 amide bonds. The van der Waals surface area contributed by atoms with Crippen molar-refractivity contribution in [2.75, 3.05) is 11.9 Å². The van der Waals surface area contributed by atoms with Crippen LogP contribution in [-0.2, 0) is 0 Å². The lowest BCUT2D eigenvalue weighted by molar-refractivity contribution is -0.0729. The van der Waals surface area contributed by atoms with Crippen molar-refractivity contribution < 1.29 is 28.2 Å². The van der Waals surface area contributed by atoms with E-state index in [1.807, 2.05) is 0 Å². The van der Waals surface area contributed by atoms with Gasteiger partial charge in [-0.25, -0.2) is 13.2 Å². The maximum absolute atomic E-state index is 13.4. The zero-order valence-corrected chi connectivity index (χ0v) is 18.7. The molecule has 4 atom stereocenters. The Morgan fingerprint density at radius 1 is 1.12 bits per heavy atom. The average molecular weight is 486 g/mol. The van der Waals surface area contributed by atoms with Gasteiger partial charge >= 0.3 is 0 Å². The van der Waals surface area contributed by atoms with E-state index in [1.165, 1.54) is 6.07 Å². The standard InChI is InChI=1S/C23H23ClF3NO3S/c24-17-4-1-12(22(30)28-15-10-18(25)21(27)19(26)11-15)7-20(17)32-16-8-13-2-3-14(9-16)23(13,31)5-6-29/h1,4,7,10-11,13-14,16,29,31H,2-3,5-6,8-9H2,(H,28,30)/t13-,14?,16-,23-/m0/s1. The fraction of sp³-hybridized carbons (Fsp3) is 0.435. The van der Waals surface area contributed by atoms with Crippen LogP contribution in [-0.4, -0.2) is 33.6 Å². The number of thioether (sulfide) groups is 1. The van der Waals surface area contributed by atoms with E-state index < -0.39 is 29.0 Å². The highest BCUT2D eigenvalue weighted by Gasteiger charge is 2.52. The molecule has 1 unspecified atom stereocenters. The third-order valence-corrected chi connectivity index (χ3v) is 8.36. The molecule has 4 rings (SSSR count). The lowest BCUT2D eigenvalue weighted by atomic mass is 9.72. The van der Waals surface area contributed by atoms with Crippen LogP contribution in [0.4, 0.5) is 18.9 Å². The van der Waals surface area contributed by atoms with E-state index in [2.05, 4.69) is 5.32 Å². The minimum absolute atomic E-state index is 0.0356. The monoisotopic (exact) mass is 485 g/mol. The SMILES string of the molecule is O=C(Nc1cc(F)c(F)c(F)c1)c1ccc(Cl)c(S[C@@H]2CC3CC[C@@H](C2)[C@@]3(O)CCO)c1. The van der Waals surface area contributed by atoms with E-state index in [4.69, 9.17) is 11.6 Å². The molecule has 3 N–H and O–H groups in total. The molecular weight excluding hydrogens is 463 g/mol. The Bertz CT molecular complexity index is 1000. The maximum atomic E-state index is 13.4. The number of benzene rings is 2. The number of amides is 1. The summed E-state index contributed by atoms with van der Waals surface area (Å²) in [6.07, 6.45) is 3.83. The van der Waals surface area contributed by atoms with Gasteiger partial charge in [-0.3, -0.25) is 4.79 Å². The molecule has 0 heterocycles. The maximum Gasteiger partial charge on any atom is 0.255 e. The third-order valence-electron chi connectivity index (χ3n) is 6.61. The van der Waals surface area contributed by atoms with Gasteiger partial charge in [-0.05, 0) is 62.1 Å². The third kappa shape index (κ3) is 4.51. The summed E-state index contributed by atoms with van der Waals surface area (Å²) in [6, 6.07) is 6.14. The number of hydrogen-bond acceptors (Lipinski definition) is 4. The van der Waals surface area contributed by atoms with E-state index in [1.54, 1.807) is 23.9 Å². The molecule has 0 spiro atoms. The first-order chi connectivity index (χ1) is 15.2. The normalized spacial score (nSPS) is 26.9. The molecule has 2 aliphatic rings. The Labute approximate surface area is 193 Å². The number of hydrogen-bond donors (Lipinski definition) is 3. The molecule has 4 nitrogen and oxygen atoms in total. The van der Waals surface area contributed by atoms with Gasteiger partial charge in [0.25, 0.3) is 5.91 Å². The van der Waals surface area contributed by atoms with Crippen molar-refractivity contribution in [3.8, 4) is 0 Å². The summed E-state index contributed by atoms with van der Waals surface area (Å²) in [4.78, 5) is 13.3. The number of carbonyl (C=O) groups excluding carboxylic acids is 1. The van der Waals surface area contributed by atoms with E-state index in [0.29, 0.717) is 28.5 Å². The highest BCUT2D eigenvalue weighted by atomic mass is 35.5. The molecule has 2 bridgehead atoms. The second-order valence-electron chi connectivity index (χ2n) is 8.50. The van der Waals surface area contributed by atoms with Crippen molar-refractivity contribution >= 4 is 35.0 Å². The predicted octanol–water partition coefficient (Wildman–Crippen LogP) is 5.40. The first-order valence-electron chi connectivity index (χ1n) is 10.5. The van der Waals surface area contributed by atoms with E-state index in [9.17, 15) is 28.2 Å². The molecule has 2 aromatic carbocycles. The molecule has 2 aliphatic carbocycles. The van der Waals surface area contributed by atoms with Crippen LogP contribution in [0.15, 0.2) is 35.2 Å². The van der Waals surface area contributed by atoms with Gasteiger partial charge in [0.1, 0.15) is 0 Å². The van der Waals surface area contributed by atoms with Gasteiger partial charge < -0.3 is 15.5 Å². The number of carbonyl (C=O) groups is 1. The van der Waals surface area contributed by atoms with Crippen LogP contribution in [0.3, 0.4) is 0 Å². The summed E-state index contributed by atoms with van der Waals surface area (Å²) in [5.41, 5.74) is -0.753. The van der Waals surface area contributed by atoms with Crippen LogP contribution >= 0.6 is 23.4 Å². The van der Waals surface area contributed by atoms with E-state index in [-0.39, 0.29) is 34.9 Å². The second kappa shape index (κ2) is 9.25. The highest BCUT2D eigenvalue weighted by Crippen LogP contribution is 2.54. The highest BCUT2D eigenvalue weighted by molar-refractivity contribution is 8.00. The van der Waals surface area contributed by atoms with Crippen LogP contribution in [0.25, 0.3) is 0 Å². The molecule has 2 aromatic rings. The molecule has 0 aliphatic heterocycles. The molecule has 0 radical (unpaired) electrons. The summed E-state index contributed by atoms with van der Waals surface area (Å²) in [5, 5.41) is 23.4. The van der Waals surface area contributed by atoms with Crippen molar-refractivity contribution in [1.29, 1.82) is 0 Å². The predicted molar refractivity (Wildman–Crippen MR) is 117 cm³/mol. The Morgan fingerprint density at radius 3 is 2.34 bits per heavy atom. The molecule has 9 heteroatoms. The fourth-order valence-corrected chi connectivity index (χ4v) is 6.68. The summed E-state index contributed by atoms with van der Waals surface area (Å²) in [5.74, 6) is -4.73. The molecule has 2 saturated carbocycles. The van der Waals surface area contributed by atoms with Crippen molar-refractivity contribution in [3.05, 3.63) is 58.4 Å². The Kier molecular flexibility index (Phi) is 6.77. The summed E-state index contributed by atoms with van der Waals surface area (Å²) < 4.78 is 40.0. The van der Waals surface area contributed by atoms with Gasteiger partial charge in [0.15, 0.2) is 17.5 Å². The number of halogens is 4. The minimum Gasteiger partial charge on any atom is -0.396 e. The van der Waals surface area contributed by atoms with Crippen LogP contribution in [0.5, 0.6) is 0 Å². The van der Waals surface area contributed by atoms with Gasteiger partial charge in [-0.1, -0.05) is 11.6 Å². The van der Waals surface area contributed by atoms with Crippen molar-refractivity contribution in [3.63, 3.8) is 0 Å². The van der Waals surface area contributed by atoms with Crippen molar-refractivity contribution in [2.24, 2.45) is 11.8 Å². The first-order valence-corrected chi connectivity index (χ1v) is 11.7. The van der Waals surface area contributed by atoms with E-state index in [0.717, 1.165) is 25.7 Å². The molecule has 0 saturated heterocycles. The summed E-state index contributed by atoms with van der Waals surface area (Å²) in [6.45, 7) is -0.0356. The van der Waals surface area contributed by atoms with E-state index >= 15 is 0 Å². The Balaban J connectivity index is 1.47. The number of fused-ring (bicyclic) bond motifs is 2. The molecule has 0 aromatic heterocycles. The van der Waals surface area contributed by atoms with Crippen LogP contribution in [0, 0.1) is 29.3 Å². The Morgan fingerprint density at radius 2 is 1.75 bits per heavy atom. The van der Waals surface area contributed by atoms with Gasteiger partial charge in [-0.15, -0.1) is 11.8 Å². The van der Waals surface area contributed by atoms with Crippen LogP contribution in [0.2, 0.25) is 5.02 Å². The Hall–Kier alpha value is -1.74. The molecule has 32 heavy (non-hydrogen) atoms. The topological polar surface area (TPSA) is 69.6 Å². The zero-order chi connectivity index (χ0) is 23.0. The van der Waals surface area contributed by atoms with Crippen LogP contribution < -0.4 is 5.32 Å². The lowest BCUT2D eigenvalue weighted by Gasteiger charge is -2.42. The minimum atomic E-state index is -1.60. The lowest BCUT2D eigenvalue weighted by Crippen LogP contribution is -2.46. The number of nitrogens with one attached hydrogen (secondary N) is 1. The first kappa shape index (κ1) is 23.4. The van der Waals surface area contributed by atoms with Gasteiger partial charge in [0, 0.05) is 40.1 Å². The van der Waals surface area contributed by atoms with Gasteiger partial charge in [0.2, 0.25) is 0 Å². The number of anilines is 1. The largest absolute Gasteiger partial charge is 0.396 e.